The molecule has 2 aromatic carbocycles. The number of amides is 4. The third kappa shape index (κ3) is 12.3. The number of fused-ring (bicyclic) bond motifs is 5. The number of aliphatic hydroxyl groups excluding tert-OH is 2. The molecule has 13 nitrogen and oxygen atoms in total. The van der Waals surface area contributed by atoms with Crippen molar-refractivity contribution in [3.05, 3.63) is 70.4 Å². The van der Waals surface area contributed by atoms with E-state index < -0.39 is 23.6 Å². The van der Waals surface area contributed by atoms with Gasteiger partial charge in [0.1, 0.15) is 24.4 Å². The van der Waals surface area contributed by atoms with Crippen molar-refractivity contribution >= 4 is 35.0 Å². The number of β-amino-alcohol motifs (C(OH)–C–C–N with tert-alkyl or cyclic N) is 1. The molecule has 67 heavy (non-hydrogen) atoms. The first-order valence-electron chi connectivity index (χ1n) is 25.0. The van der Waals surface area contributed by atoms with E-state index in [2.05, 4.69) is 27.9 Å². The largest absolute Gasteiger partial charge is 0.508 e. The van der Waals surface area contributed by atoms with E-state index in [-0.39, 0.29) is 79.0 Å². The predicted octanol–water partition coefficient (Wildman–Crippen LogP) is 7.47. The molecule has 3 aliphatic carbocycles. The molecular formula is C53H75N5O8S. The number of rotatable bonds is 20. The normalized spacial score (nSPS) is 26.0. The fourth-order valence-electron chi connectivity index (χ4n) is 11.7. The number of aromatic hydroxyl groups is 1. The van der Waals surface area contributed by atoms with Gasteiger partial charge in [-0.25, -0.2) is 4.98 Å². The number of phenolic OH excluding ortho intramolecular Hbond substituents is 1. The van der Waals surface area contributed by atoms with Gasteiger partial charge in [0, 0.05) is 38.4 Å². The molecule has 366 valence electrons. The molecule has 1 aliphatic heterocycles. The monoisotopic (exact) mass is 942 g/mol. The Balaban J connectivity index is 0.760. The molecule has 1 aromatic heterocycles. The molecule has 2 saturated carbocycles. The summed E-state index contributed by atoms with van der Waals surface area (Å²) in [6.07, 6.45) is 11.3. The maximum Gasteiger partial charge on any atom is 0.246 e. The van der Waals surface area contributed by atoms with Crippen LogP contribution in [0.2, 0.25) is 0 Å². The number of aryl methyl sites for hydroxylation is 2. The van der Waals surface area contributed by atoms with E-state index >= 15 is 0 Å². The number of thiazole rings is 1. The van der Waals surface area contributed by atoms with E-state index in [0.717, 1.165) is 98.7 Å². The van der Waals surface area contributed by atoms with Crippen molar-refractivity contribution in [3.8, 4) is 16.2 Å². The van der Waals surface area contributed by atoms with Crippen LogP contribution in [0.5, 0.6) is 5.75 Å². The van der Waals surface area contributed by atoms with Crippen molar-refractivity contribution < 1.29 is 39.2 Å². The van der Waals surface area contributed by atoms with Gasteiger partial charge in [-0.3, -0.25) is 19.2 Å². The third-order valence-corrected chi connectivity index (χ3v) is 16.4. The lowest BCUT2D eigenvalue weighted by molar-refractivity contribution is -0.144. The standard InChI is InChI=1S/C53H75N5O8S/c1-33-48(67-32-56-33)35-17-15-34(16-18-35)29-55-50(64)42-27-38(60)30-58(42)51(65)49(52(2,3)4)57-45(62)14-12-10-8-6-7-9-11-13-25-54-46(63)31-66-43-28-53(5)41(23-24-44(53)61)40-21-19-36-26-37(59)20-22-39(36)47(40)43/h15-18,20,22,26,32,38,40-44,47,49,59-61H,6-14,19,21,23-25,27-31H2,1-5H3,(H,54,63)(H,55,64)(H,57,62)/t38-,40?,41?,42+,43+,44+,47?,49-,53+/m1/s1. The van der Waals surface area contributed by atoms with Gasteiger partial charge in [0.25, 0.3) is 0 Å². The minimum absolute atomic E-state index is 0.00267. The summed E-state index contributed by atoms with van der Waals surface area (Å²) in [6.45, 7) is 10.8. The molecule has 7 rings (SSSR count). The fraction of sp³-hybridized carbons (Fsp3) is 0.642. The highest BCUT2D eigenvalue weighted by Crippen LogP contribution is 2.61. The van der Waals surface area contributed by atoms with E-state index in [9.17, 15) is 34.5 Å². The Labute approximate surface area is 401 Å². The second kappa shape index (κ2) is 22.4. The molecule has 0 spiro atoms. The van der Waals surface area contributed by atoms with Crippen LogP contribution in [-0.2, 0) is 36.9 Å². The van der Waals surface area contributed by atoms with Gasteiger partial charge in [0.15, 0.2) is 0 Å². The van der Waals surface area contributed by atoms with Gasteiger partial charge in [0.05, 0.1) is 34.4 Å². The lowest BCUT2D eigenvalue weighted by Crippen LogP contribution is -2.57. The van der Waals surface area contributed by atoms with Gasteiger partial charge in [0.2, 0.25) is 23.6 Å². The molecule has 0 bridgehead atoms. The lowest BCUT2D eigenvalue weighted by Gasteiger charge is -2.53. The average molecular weight is 942 g/mol. The maximum absolute atomic E-state index is 14.0. The van der Waals surface area contributed by atoms with E-state index in [1.54, 1.807) is 17.4 Å². The van der Waals surface area contributed by atoms with E-state index in [4.69, 9.17) is 4.74 Å². The zero-order valence-electron chi connectivity index (χ0n) is 40.4. The number of likely N-dealkylation sites (tertiary alicyclic amines) is 1. The van der Waals surface area contributed by atoms with Gasteiger partial charge in [-0.05, 0) is 109 Å². The molecule has 4 aliphatic rings. The first kappa shape index (κ1) is 50.5. The zero-order chi connectivity index (χ0) is 47.9. The van der Waals surface area contributed by atoms with Crippen LogP contribution in [0.1, 0.15) is 146 Å². The van der Waals surface area contributed by atoms with Crippen LogP contribution in [0.15, 0.2) is 48.0 Å². The van der Waals surface area contributed by atoms with Crippen molar-refractivity contribution in [2.24, 2.45) is 22.7 Å². The van der Waals surface area contributed by atoms with Crippen LogP contribution in [0.4, 0.5) is 0 Å². The van der Waals surface area contributed by atoms with Crippen LogP contribution in [0.3, 0.4) is 0 Å². The van der Waals surface area contributed by atoms with Crippen LogP contribution in [0.25, 0.3) is 10.4 Å². The van der Waals surface area contributed by atoms with Crippen molar-refractivity contribution in [2.45, 2.75) is 174 Å². The fourth-order valence-corrected chi connectivity index (χ4v) is 12.5. The molecule has 9 atom stereocenters. The highest BCUT2D eigenvalue weighted by molar-refractivity contribution is 7.13. The van der Waals surface area contributed by atoms with Gasteiger partial charge in [-0.2, -0.15) is 0 Å². The topological polar surface area (TPSA) is 190 Å². The summed E-state index contributed by atoms with van der Waals surface area (Å²) in [4.78, 5) is 60.5. The van der Waals surface area contributed by atoms with Crippen LogP contribution in [0, 0.1) is 29.6 Å². The number of aromatic nitrogens is 1. The van der Waals surface area contributed by atoms with Crippen molar-refractivity contribution in [1.29, 1.82) is 0 Å². The SMILES string of the molecule is Cc1ncsc1-c1ccc(CNC(=O)[C@@H]2C[C@@H](O)CN2C(=O)[C@@H](NC(=O)CCCCCCCCCCNC(=O)CO[C@H]2C[C@@]3(C)C(CC[C@@H]3O)C3CCc4cc(O)ccc4C32)C(C)(C)C)cc1. The minimum Gasteiger partial charge on any atom is -0.508 e. The summed E-state index contributed by atoms with van der Waals surface area (Å²) in [6, 6.07) is 11.9. The number of carbonyl (C=O) groups excluding carboxylic acids is 4. The average Bonchev–Trinajstić information content (AvgIpc) is 4.00. The second-order valence-electron chi connectivity index (χ2n) is 21.2. The van der Waals surface area contributed by atoms with E-state index in [0.29, 0.717) is 31.2 Å². The van der Waals surface area contributed by atoms with Crippen LogP contribution >= 0.6 is 11.3 Å². The predicted molar refractivity (Wildman–Crippen MR) is 260 cm³/mol. The number of ether oxygens (including phenoxy) is 1. The molecule has 14 heteroatoms. The molecule has 3 aromatic rings. The number of aliphatic hydroxyl groups is 2. The second-order valence-corrected chi connectivity index (χ2v) is 22.1. The highest BCUT2D eigenvalue weighted by atomic mass is 32.1. The number of benzene rings is 2. The van der Waals surface area contributed by atoms with Crippen molar-refractivity contribution in [3.63, 3.8) is 0 Å². The molecule has 6 N–H and O–H groups in total. The lowest BCUT2D eigenvalue weighted by atomic mass is 9.54. The number of nitrogens with zero attached hydrogens (tertiary/aromatic N) is 2. The quantitative estimate of drug-likeness (QED) is 0.0625. The first-order chi connectivity index (χ1) is 32.0. The Morgan fingerprint density at radius 1 is 0.925 bits per heavy atom. The highest BCUT2D eigenvalue weighted by Gasteiger charge is 2.58. The molecule has 0 radical (unpaired) electrons. The van der Waals surface area contributed by atoms with E-state index in [1.807, 2.05) is 69.6 Å². The number of nitrogens with one attached hydrogen (secondary N) is 3. The molecule has 1 saturated heterocycles. The summed E-state index contributed by atoms with van der Waals surface area (Å²) in [5, 5.41) is 40.8. The number of hydrogen-bond donors (Lipinski definition) is 6. The molecule has 4 amide bonds. The van der Waals surface area contributed by atoms with Gasteiger partial charge in [-0.1, -0.05) is 96.6 Å². The Morgan fingerprint density at radius 3 is 2.34 bits per heavy atom. The minimum atomic E-state index is -0.852. The molecule has 3 fully saturated rings. The smallest absolute Gasteiger partial charge is 0.246 e. The maximum atomic E-state index is 14.0. The number of carbonyl (C=O) groups is 4. The van der Waals surface area contributed by atoms with Crippen LogP contribution in [-0.4, -0.2) is 98.9 Å². The summed E-state index contributed by atoms with van der Waals surface area (Å²) < 4.78 is 6.44. The van der Waals surface area contributed by atoms with Crippen molar-refractivity contribution in [2.75, 3.05) is 19.7 Å². The Hall–Kier alpha value is -4.37. The van der Waals surface area contributed by atoms with Gasteiger partial charge >= 0.3 is 0 Å². The molecule has 3 unspecified atom stereocenters. The Kier molecular flexibility index (Phi) is 16.9. The Morgan fingerprint density at radius 2 is 1.64 bits per heavy atom. The molecular weight excluding hydrogens is 867 g/mol. The third-order valence-electron chi connectivity index (χ3n) is 15.4. The summed E-state index contributed by atoms with van der Waals surface area (Å²) in [5.41, 5.74) is 6.34. The molecule has 2 heterocycles. The van der Waals surface area contributed by atoms with Gasteiger partial charge in [-0.15, -0.1) is 11.3 Å². The summed E-state index contributed by atoms with van der Waals surface area (Å²) in [5.74, 6) is 0.248. The first-order valence-corrected chi connectivity index (χ1v) is 25.8. The van der Waals surface area contributed by atoms with E-state index in [1.165, 1.54) is 16.0 Å². The summed E-state index contributed by atoms with van der Waals surface area (Å²) in [7, 11) is 0. The number of phenols is 1. The van der Waals surface area contributed by atoms with Crippen molar-refractivity contribution in [1.82, 2.24) is 25.8 Å². The number of unbranched alkanes of at least 4 members (excludes halogenated alkanes) is 7. The number of hydrogen-bond acceptors (Lipinski definition) is 10. The summed E-state index contributed by atoms with van der Waals surface area (Å²) >= 11 is 1.58. The Bertz CT molecular complexity index is 2170. The zero-order valence-corrected chi connectivity index (χ0v) is 41.2. The van der Waals surface area contributed by atoms with Gasteiger partial charge < -0.3 is 40.9 Å². The van der Waals surface area contributed by atoms with Crippen LogP contribution < -0.4 is 16.0 Å².